The molecule has 3 heterocycles. The summed E-state index contributed by atoms with van der Waals surface area (Å²) in [5.74, 6) is 2.60. The highest BCUT2D eigenvalue weighted by atomic mass is 16.5. The van der Waals surface area contributed by atoms with Gasteiger partial charge in [-0.15, -0.1) is 0 Å². The van der Waals surface area contributed by atoms with E-state index in [4.69, 9.17) is 4.74 Å². The quantitative estimate of drug-likeness (QED) is 0.763. The van der Waals surface area contributed by atoms with Crippen molar-refractivity contribution in [1.82, 2.24) is 14.8 Å². The zero-order valence-corrected chi connectivity index (χ0v) is 17.6. The normalized spacial score (nSPS) is 23.8. The maximum Gasteiger partial charge on any atom is 0.248 e. The van der Waals surface area contributed by atoms with Crippen LogP contribution in [0.1, 0.15) is 25.7 Å². The summed E-state index contributed by atoms with van der Waals surface area (Å²) < 4.78 is 5.82. The summed E-state index contributed by atoms with van der Waals surface area (Å²) in [6, 6.07) is 10.3. The van der Waals surface area contributed by atoms with Crippen LogP contribution in [-0.2, 0) is 9.53 Å². The van der Waals surface area contributed by atoms with E-state index in [-0.39, 0.29) is 18.6 Å². The van der Waals surface area contributed by atoms with E-state index >= 15 is 0 Å². The van der Waals surface area contributed by atoms with Crippen molar-refractivity contribution in [2.45, 2.75) is 31.8 Å². The highest BCUT2D eigenvalue weighted by Crippen LogP contribution is 2.31. The zero-order valence-electron chi connectivity index (χ0n) is 17.6. The van der Waals surface area contributed by atoms with E-state index in [1.165, 1.54) is 50.7 Å². The summed E-state index contributed by atoms with van der Waals surface area (Å²) >= 11 is 0. The van der Waals surface area contributed by atoms with Gasteiger partial charge in [-0.2, -0.15) is 0 Å². The number of rotatable bonds is 7. The highest BCUT2D eigenvalue weighted by molar-refractivity contribution is 5.91. The van der Waals surface area contributed by atoms with Crippen LogP contribution >= 0.6 is 0 Å². The number of nitrogens with one attached hydrogen (secondary N) is 1. The van der Waals surface area contributed by atoms with Crippen LogP contribution in [0.15, 0.2) is 36.5 Å². The molecule has 2 aliphatic heterocycles. The third-order valence-corrected chi connectivity index (χ3v) is 6.79. The van der Waals surface area contributed by atoms with Crippen LogP contribution < -0.4 is 5.32 Å². The standard InChI is InChI=1S/C24H32N4O2/c29-23-17-30-21(13-26-24-22-4-2-1-3-20(22)7-10-25-24)16-28(23)15-19-8-11-27(12-9-19)14-18-5-6-18/h1-4,7,10,18-19,21H,5-6,8-9,11-17H2,(H,25,26)/t21-/m1/s1. The Bertz CT molecular complexity index is 871. The number of ether oxygens (including phenoxy) is 1. The second kappa shape index (κ2) is 8.90. The summed E-state index contributed by atoms with van der Waals surface area (Å²) in [6.07, 6.45) is 7.09. The number of amides is 1. The fraction of sp³-hybridized carbons (Fsp3) is 0.583. The van der Waals surface area contributed by atoms with Gasteiger partial charge in [0.25, 0.3) is 0 Å². The molecular weight excluding hydrogens is 376 g/mol. The number of pyridine rings is 1. The first-order valence-electron chi connectivity index (χ1n) is 11.4. The van der Waals surface area contributed by atoms with E-state index in [9.17, 15) is 4.79 Å². The maximum atomic E-state index is 12.4. The van der Waals surface area contributed by atoms with Gasteiger partial charge in [-0.05, 0) is 62.1 Å². The van der Waals surface area contributed by atoms with Crippen LogP contribution in [0.5, 0.6) is 0 Å². The molecule has 3 aliphatic rings. The lowest BCUT2D eigenvalue weighted by atomic mass is 9.95. The SMILES string of the molecule is O=C1CO[C@H](CNc2nccc3ccccc23)CN1CC1CCN(CC2CC2)CC1. The molecule has 1 aromatic carbocycles. The van der Waals surface area contributed by atoms with Crippen LogP contribution in [0.3, 0.4) is 0 Å². The van der Waals surface area contributed by atoms with E-state index in [0.29, 0.717) is 19.0 Å². The van der Waals surface area contributed by atoms with Gasteiger partial charge in [0.2, 0.25) is 5.91 Å². The Labute approximate surface area is 178 Å². The Morgan fingerprint density at radius 3 is 2.67 bits per heavy atom. The van der Waals surface area contributed by atoms with Gasteiger partial charge in [-0.25, -0.2) is 4.98 Å². The van der Waals surface area contributed by atoms with Gasteiger partial charge in [-0.3, -0.25) is 4.79 Å². The number of hydrogen-bond donors (Lipinski definition) is 1. The molecular formula is C24H32N4O2. The fourth-order valence-electron chi connectivity index (χ4n) is 4.78. The van der Waals surface area contributed by atoms with Crippen molar-refractivity contribution in [2.75, 3.05) is 51.2 Å². The predicted octanol–water partition coefficient (Wildman–Crippen LogP) is 3.00. The van der Waals surface area contributed by atoms with Crippen molar-refractivity contribution < 1.29 is 9.53 Å². The van der Waals surface area contributed by atoms with Crippen LogP contribution in [0, 0.1) is 11.8 Å². The minimum atomic E-state index is -0.00146. The van der Waals surface area contributed by atoms with Gasteiger partial charge in [0, 0.05) is 37.8 Å². The monoisotopic (exact) mass is 408 g/mol. The Kier molecular flexibility index (Phi) is 5.86. The number of carbonyl (C=O) groups excluding carboxylic acids is 1. The number of likely N-dealkylation sites (tertiary alicyclic amines) is 1. The average molecular weight is 409 g/mol. The fourth-order valence-corrected chi connectivity index (χ4v) is 4.78. The molecule has 0 unspecified atom stereocenters. The van der Waals surface area contributed by atoms with Gasteiger partial charge in [0.1, 0.15) is 12.4 Å². The van der Waals surface area contributed by atoms with Gasteiger partial charge in [-0.1, -0.05) is 24.3 Å². The summed E-state index contributed by atoms with van der Waals surface area (Å²) in [5.41, 5.74) is 0. The van der Waals surface area contributed by atoms with Gasteiger partial charge >= 0.3 is 0 Å². The first-order valence-corrected chi connectivity index (χ1v) is 11.4. The number of carbonyl (C=O) groups is 1. The van der Waals surface area contributed by atoms with Crippen molar-refractivity contribution in [2.24, 2.45) is 11.8 Å². The zero-order chi connectivity index (χ0) is 20.3. The molecule has 0 bridgehead atoms. The molecule has 0 spiro atoms. The number of hydrogen-bond acceptors (Lipinski definition) is 5. The summed E-state index contributed by atoms with van der Waals surface area (Å²) in [6.45, 7) is 6.07. The van der Waals surface area contributed by atoms with E-state index in [2.05, 4.69) is 27.3 Å². The molecule has 160 valence electrons. The molecule has 6 nitrogen and oxygen atoms in total. The lowest BCUT2D eigenvalue weighted by Gasteiger charge is -2.38. The Balaban J connectivity index is 1.13. The average Bonchev–Trinajstić information content (AvgIpc) is 3.59. The molecule has 1 amide bonds. The second-order valence-corrected chi connectivity index (χ2v) is 9.18. The molecule has 1 atom stereocenters. The molecule has 1 aromatic heterocycles. The molecule has 1 aliphatic carbocycles. The molecule has 5 rings (SSSR count). The molecule has 1 saturated carbocycles. The highest BCUT2D eigenvalue weighted by Gasteiger charge is 2.31. The Morgan fingerprint density at radius 2 is 1.83 bits per heavy atom. The Hall–Kier alpha value is -2.18. The largest absolute Gasteiger partial charge is 0.367 e. The van der Waals surface area contributed by atoms with Crippen LogP contribution in [-0.4, -0.2) is 72.7 Å². The van der Waals surface area contributed by atoms with E-state index in [1.807, 2.05) is 29.3 Å². The summed E-state index contributed by atoms with van der Waals surface area (Å²) in [5, 5.41) is 5.73. The van der Waals surface area contributed by atoms with Crippen LogP contribution in [0.2, 0.25) is 0 Å². The predicted molar refractivity (Wildman–Crippen MR) is 118 cm³/mol. The summed E-state index contributed by atoms with van der Waals surface area (Å²) in [7, 11) is 0. The van der Waals surface area contributed by atoms with Gasteiger partial charge in [0.15, 0.2) is 0 Å². The minimum absolute atomic E-state index is 0.00146. The number of anilines is 1. The molecule has 3 fully saturated rings. The molecule has 6 heteroatoms. The number of fused-ring (bicyclic) bond motifs is 1. The number of nitrogens with zero attached hydrogens (tertiary/aromatic N) is 3. The first-order chi connectivity index (χ1) is 14.7. The van der Waals surface area contributed by atoms with Crippen LogP contribution in [0.25, 0.3) is 10.8 Å². The number of aromatic nitrogens is 1. The number of morpholine rings is 1. The van der Waals surface area contributed by atoms with Crippen molar-refractivity contribution in [1.29, 1.82) is 0 Å². The van der Waals surface area contributed by atoms with Gasteiger partial charge in [0.05, 0.1) is 6.10 Å². The smallest absolute Gasteiger partial charge is 0.248 e. The van der Waals surface area contributed by atoms with E-state index in [1.54, 1.807) is 0 Å². The lowest BCUT2D eigenvalue weighted by molar-refractivity contribution is -0.149. The topological polar surface area (TPSA) is 57.7 Å². The third-order valence-electron chi connectivity index (χ3n) is 6.79. The van der Waals surface area contributed by atoms with E-state index < -0.39 is 0 Å². The maximum absolute atomic E-state index is 12.4. The van der Waals surface area contributed by atoms with Crippen molar-refractivity contribution in [3.63, 3.8) is 0 Å². The summed E-state index contributed by atoms with van der Waals surface area (Å²) in [4.78, 5) is 21.6. The molecule has 0 radical (unpaired) electrons. The minimum Gasteiger partial charge on any atom is -0.367 e. The van der Waals surface area contributed by atoms with Crippen molar-refractivity contribution in [3.8, 4) is 0 Å². The van der Waals surface area contributed by atoms with Gasteiger partial charge < -0.3 is 19.9 Å². The lowest BCUT2D eigenvalue weighted by Crippen LogP contribution is -2.51. The second-order valence-electron chi connectivity index (χ2n) is 9.18. The van der Waals surface area contributed by atoms with Crippen molar-refractivity contribution >= 4 is 22.5 Å². The third kappa shape index (κ3) is 4.76. The first kappa shape index (κ1) is 19.8. The van der Waals surface area contributed by atoms with Crippen molar-refractivity contribution in [3.05, 3.63) is 36.5 Å². The molecule has 2 aromatic rings. The number of benzene rings is 1. The molecule has 2 saturated heterocycles. The van der Waals surface area contributed by atoms with Crippen LogP contribution in [0.4, 0.5) is 5.82 Å². The Morgan fingerprint density at radius 1 is 1.03 bits per heavy atom. The molecule has 30 heavy (non-hydrogen) atoms. The number of piperidine rings is 1. The van der Waals surface area contributed by atoms with E-state index in [0.717, 1.165) is 23.7 Å². The molecule has 1 N–H and O–H groups in total.